The molecule has 2 aromatic carbocycles. The van der Waals surface area contributed by atoms with Crippen molar-refractivity contribution in [3.05, 3.63) is 80.9 Å². The molecule has 24 heavy (non-hydrogen) atoms. The normalized spacial score (nSPS) is 24.2. The van der Waals surface area contributed by atoms with Crippen LogP contribution in [0.25, 0.3) is 0 Å². The van der Waals surface area contributed by atoms with Crippen molar-refractivity contribution in [3.8, 4) is 0 Å². The molecule has 1 heterocycles. The van der Waals surface area contributed by atoms with E-state index >= 15 is 0 Å². The molecule has 1 aliphatic carbocycles. The van der Waals surface area contributed by atoms with E-state index in [1.54, 1.807) is 12.1 Å². The third kappa shape index (κ3) is 2.13. The smallest absolute Gasteiger partial charge is 0.274 e. The molecule has 2 aromatic rings. The summed E-state index contributed by atoms with van der Waals surface area (Å²) in [6.07, 6.45) is 5.42. The topological polar surface area (TPSA) is 55.2 Å². The minimum Gasteiger partial charge on any atom is -0.377 e. The number of hydrogen-bond donors (Lipinski definition) is 1. The molecule has 0 aromatic heterocycles. The molecule has 0 unspecified atom stereocenters. The van der Waals surface area contributed by atoms with Crippen molar-refractivity contribution in [2.45, 2.75) is 32.2 Å². The summed E-state index contributed by atoms with van der Waals surface area (Å²) in [5, 5.41) is 15.1. The standard InChI is InChI=1S/C20H20N2O2/c1-12-10-11-16-14-7-5-8-15(14)20(21-19(16)13(12)2)17-6-3-4-9-18(17)22(23)24/h3-7,9-11,14-15,20-21H,8H2,1-2H3/t14-,15-,20+/m1/s1. The highest BCUT2D eigenvalue weighted by molar-refractivity contribution is 5.66. The van der Waals surface area contributed by atoms with Crippen LogP contribution in [0.1, 0.15) is 40.6 Å². The summed E-state index contributed by atoms with van der Waals surface area (Å²) in [5.74, 6) is 0.645. The summed E-state index contributed by atoms with van der Waals surface area (Å²) >= 11 is 0. The lowest BCUT2D eigenvalue weighted by Crippen LogP contribution is -2.30. The Bertz CT molecular complexity index is 857. The lowest BCUT2D eigenvalue weighted by molar-refractivity contribution is -0.385. The van der Waals surface area contributed by atoms with E-state index in [-0.39, 0.29) is 16.7 Å². The van der Waals surface area contributed by atoms with Gasteiger partial charge < -0.3 is 5.32 Å². The summed E-state index contributed by atoms with van der Waals surface area (Å²) < 4.78 is 0. The van der Waals surface area contributed by atoms with Gasteiger partial charge in [-0.15, -0.1) is 0 Å². The lowest BCUT2D eigenvalue weighted by atomic mass is 9.75. The number of allylic oxidation sites excluding steroid dienone is 2. The second-order valence-electron chi connectivity index (χ2n) is 6.76. The summed E-state index contributed by atoms with van der Waals surface area (Å²) in [4.78, 5) is 11.2. The van der Waals surface area contributed by atoms with Crippen LogP contribution in [0.4, 0.5) is 11.4 Å². The van der Waals surface area contributed by atoms with E-state index < -0.39 is 0 Å². The van der Waals surface area contributed by atoms with Crippen molar-refractivity contribution < 1.29 is 4.92 Å². The molecule has 1 aliphatic heterocycles. The number of hydrogen-bond acceptors (Lipinski definition) is 3. The summed E-state index contributed by atoms with van der Waals surface area (Å²) in [7, 11) is 0. The quantitative estimate of drug-likeness (QED) is 0.479. The molecule has 3 atom stereocenters. The number of nitro groups is 1. The first-order chi connectivity index (χ1) is 11.6. The van der Waals surface area contributed by atoms with Gasteiger partial charge in [-0.3, -0.25) is 10.1 Å². The van der Waals surface area contributed by atoms with E-state index in [0.717, 1.165) is 17.7 Å². The van der Waals surface area contributed by atoms with E-state index in [0.29, 0.717) is 11.8 Å². The molecule has 0 bridgehead atoms. The van der Waals surface area contributed by atoms with E-state index in [1.165, 1.54) is 16.7 Å². The molecule has 4 nitrogen and oxygen atoms in total. The van der Waals surface area contributed by atoms with Crippen molar-refractivity contribution in [2.24, 2.45) is 5.92 Å². The van der Waals surface area contributed by atoms with Crippen molar-refractivity contribution in [1.29, 1.82) is 0 Å². The van der Waals surface area contributed by atoms with Crippen LogP contribution in [-0.4, -0.2) is 4.92 Å². The highest BCUT2D eigenvalue weighted by Crippen LogP contribution is 2.52. The van der Waals surface area contributed by atoms with Gasteiger partial charge in [0.2, 0.25) is 0 Å². The van der Waals surface area contributed by atoms with Gasteiger partial charge in [0.25, 0.3) is 5.69 Å². The predicted molar refractivity (Wildman–Crippen MR) is 95.4 cm³/mol. The zero-order valence-corrected chi connectivity index (χ0v) is 13.8. The number of benzene rings is 2. The summed E-state index contributed by atoms with van der Waals surface area (Å²) in [6, 6.07) is 11.4. The number of nitro benzene ring substituents is 1. The average molecular weight is 320 g/mol. The fraction of sp³-hybridized carbons (Fsp3) is 0.300. The number of nitrogens with one attached hydrogen (secondary N) is 1. The first kappa shape index (κ1) is 14.9. The maximum Gasteiger partial charge on any atom is 0.274 e. The lowest BCUT2D eigenvalue weighted by Gasteiger charge is -2.38. The van der Waals surface area contributed by atoms with Crippen LogP contribution < -0.4 is 5.32 Å². The monoisotopic (exact) mass is 320 g/mol. The van der Waals surface area contributed by atoms with Crippen LogP contribution in [0.2, 0.25) is 0 Å². The maximum absolute atomic E-state index is 11.5. The molecule has 4 heteroatoms. The Morgan fingerprint density at radius 1 is 1.12 bits per heavy atom. The first-order valence-electron chi connectivity index (χ1n) is 8.34. The van der Waals surface area contributed by atoms with Gasteiger partial charge in [-0.05, 0) is 42.9 Å². The molecule has 0 amide bonds. The van der Waals surface area contributed by atoms with Gasteiger partial charge in [0.05, 0.1) is 16.5 Å². The fourth-order valence-corrected chi connectivity index (χ4v) is 4.14. The molecule has 0 saturated carbocycles. The SMILES string of the molecule is Cc1ccc2c(c1C)N[C@H](c1ccccc1[N+](=O)[O-])[C@@H]1CC=C[C@@H]21. The van der Waals surface area contributed by atoms with Crippen molar-refractivity contribution in [1.82, 2.24) is 0 Å². The average Bonchev–Trinajstić information content (AvgIpc) is 3.07. The van der Waals surface area contributed by atoms with Crippen LogP contribution in [0.3, 0.4) is 0 Å². The van der Waals surface area contributed by atoms with Crippen LogP contribution in [0.5, 0.6) is 0 Å². The molecule has 0 spiro atoms. The molecule has 0 radical (unpaired) electrons. The van der Waals surface area contributed by atoms with Crippen LogP contribution >= 0.6 is 0 Å². The van der Waals surface area contributed by atoms with Crippen LogP contribution in [-0.2, 0) is 0 Å². The number of rotatable bonds is 2. The number of nitrogens with zero attached hydrogens (tertiary/aromatic N) is 1. The molecule has 2 aliphatic rings. The largest absolute Gasteiger partial charge is 0.377 e. The third-order valence-corrected chi connectivity index (χ3v) is 5.54. The Morgan fingerprint density at radius 3 is 2.71 bits per heavy atom. The third-order valence-electron chi connectivity index (χ3n) is 5.54. The fourth-order valence-electron chi connectivity index (χ4n) is 4.14. The van der Waals surface area contributed by atoms with E-state index in [4.69, 9.17) is 0 Å². The molecule has 1 N–H and O–H groups in total. The number of para-hydroxylation sites is 1. The van der Waals surface area contributed by atoms with Gasteiger partial charge in [0.15, 0.2) is 0 Å². The summed E-state index contributed by atoms with van der Waals surface area (Å²) in [5.41, 5.74) is 5.91. The van der Waals surface area contributed by atoms with Crippen LogP contribution in [0.15, 0.2) is 48.6 Å². The summed E-state index contributed by atoms with van der Waals surface area (Å²) in [6.45, 7) is 4.23. The second-order valence-corrected chi connectivity index (χ2v) is 6.76. The minimum absolute atomic E-state index is 0.0420. The highest BCUT2D eigenvalue weighted by atomic mass is 16.6. The van der Waals surface area contributed by atoms with Crippen LogP contribution in [0, 0.1) is 29.9 Å². The zero-order chi connectivity index (χ0) is 16.8. The molecular formula is C20H20N2O2. The van der Waals surface area contributed by atoms with E-state index in [1.807, 2.05) is 12.1 Å². The Balaban J connectivity index is 1.87. The molecule has 0 saturated heterocycles. The predicted octanol–water partition coefficient (Wildman–Crippen LogP) is 5.04. The molecule has 0 fully saturated rings. The number of anilines is 1. The van der Waals surface area contributed by atoms with Gasteiger partial charge in [0, 0.05) is 17.7 Å². The maximum atomic E-state index is 11.5. The molecular weight excluding hydrogens is 300 g/mol. The van der Waals surface area contributed by atoms with E-state index in [9.17, 15) is 10.1 Å². The van der Waals surface area contributed by atoms with E-state index in [2.05, 4.69) is 43.4 Å². The van der Waals surface area contributed by atoms with Crippen molar-refractivity contribution >= 4 is 11.4 Å². The minimum atomic E-state index is -0.271. The Morgan fingerprint density at radius 2 is 1.92 bits per heavy atom. The first-order valence-corrected chi connectivity index (χ1v) is 8.34. The van der Waals surface area contributed by atoms with Gasteiger partial charge in [-0.1, -0.05) is 42.5 Å². The van der Waals surface area contributed by atoms with Gasteiger partial charge in [-0.2, -0.15) is 0 Å². The number of aryl methyl sites for hydroxylation is 1. The molecule has 4 rings (SSSR count). The second kappa shape index (κ2) is 5.48. The Kier molecular flexibility index (Phi) is 3.41. The zero-order valence-electron chi connectivity index (χ0n) is 13.8. The van der Waals surface area contributed by atoms with Crippen molar-refractivity contribution in [3.63, 3.8) is 0 Å². The number of fused-ring (bicyclic) bond motifs is 3. The van der Waals surface area contributed by atoms with Gasteiger partial charge in [-0.25, -0.2) is 0 Å². The highest BCUT2D eigenvalue weighted by Gasteiger charge is 2.40. The van der Waals surface area contributed by atoms with Gasteiger partial charge in [0.1, 0.15) is 0 Å². The van der Waals surface area contributed by atoms with Crippen molar-refractivity contribution in [2.75, 3.05) is 5.32 Å². The van der Waals surface area contributed by atoms with Gasteiger partial charge >= 0.3 is 0 Å². The Labute approximate surface area is 141 Å². The molecule has 122 valence electrons. The Hall–Kier alpha value is -2.62.